The van der Waals surface area contributed by atoms with E-state index in [1.54, 1.807) is 0 Å². The maximum atomic E-state index is 6.03. The normalized spacial score (nSPS) is 23.5. The van der Waals surface area contributed by atoms with Gasteiger partial charge in [0.15, 0.2) is 0 Å². The quantitative estimate of drug-likeness (QED) is 0.909. The summed E-state index contributed by atoms with van der Waals surface area (Å²) in [6.45, 7) is 9.68. The monoisotopic (exact) mass is 264 g/mol. The Hall–Kier alpha value is -0.870. The third-order valence-corrected chi connectivity index (χ3v) is 4.25. The smallest absolute Gasteiger partial charge is 0.0538 e. The Kier molecular flexibility index (Phi) is 4.99. The minimum absolute atomic E-state index is 0.331. The van der Waals surface area contributed by atoms with Crippen LogP contribution in [0.4, 0.5) is 0 Å². The summed E-state index contributed by atoms with van der Waals surface area (Å²) < 4.78 is 2.03. The molecule has 1 aliphatic heterocycles. The van der Waals surface area contributed by atoms with Gasteiger partial charge in [0.05, 0.1) is 12.2 Å². The fourth-order valence-electron chi connectivity index (χ4n) is 2.90. The molecule has 2 rings (SSSR count). The zero-order chi connectivity index (χ0) is 13.8. The molecule has 0 bridgehead atoms. The third kappa shape index (κ3) is 3.57. The lowest BCUT2D eigenvalue weighted by Gasteiger charge is -2.29. The lowest BCUT2D eigenvalue weighted by molar-refractivity contribution is 0.207. The highest BCUT2D eigenvalue weighted by molar-refractivity contribution is 5.12. The molecule has 2 unspecified atom stereocenters. The average Bonchev–Trinajstić information content (AvgIpc) is 2.76. The van der Waals surface area contributed by atoms with Crippen LogP contribution in [0.25, 0.3) is 0 Å². The molecule has 0 saturated carbocycles. The molecule has 0 aliphatic carbocycles. The van der Waals surface area contributed by atoms with Crippen LogP contribution in [0.2, 0.25) is 0 Å². The maximum Gasteiger partial charge on any atom is 0.0538 e. The van der Waals surface area contributed by atoms with Gasteiger partial charge in [0.25, 0.3) is 0 Å². The van der Waals surface area contributed by atoms with E-state index in [2.05, 4.69) is 37.0 Å². The Balaban J connectivity index is 2.09. The van der Waals surface area contributed by atoms with Crippen LogP contribution in [0.5, 0.6) is 0 Å². The highest BCUT2D eigenvalue weighted by atomic mass is 15.3. The van der Waals surface area contributed by atoms with Crippen LogP contribution in [-0.2, 0) is 0 Å². The summed E-state index contributed by atoms with van der Waals surface area (Å²) in [6, 6.07) is 0.745. The van der Waals surface area contributed by atoms with Crippen LogP contribution in [0.1, 0.15) is 57.7 Å². The van der Waals surface area contributed by atoms with Gasteiger partial charge < -0.3 is 5.73 Å². The van der Waals surface area contributed by atoms with Crippen molar-refractivity contribution in [2.24, 2.45) is 11.7 Å². The van der Waals surface area contributed by atoms with Crippen LogP contribution in [0, 0.1) is 5.92 Å². The van der Waals surface area contributed by atoms with Crippen molar-refractivity contribution in [1.29, 1.82) is 0 Å². The van der Waals surface area contributed by atoms with Crippen molar-refractivity contribution in [3.05, 3.63) is 18.0 Å². The van der Waals surface area contributed by atoms with E-state index in [9.17, 15) is 0 Å². The van der Waals surface area contributed by atoms with Crippen molar-refractivity contribution in [1.82, 2.24) is 14.7 Å². The molecule has 0 aromatic carbocycles. The molecule has 2 heterocycles. The maximum absolute atomic E-state index is 6.03. The number of rotatable bonds is 4. The van der Waals surface area contributed by atoms with Crippen LogP contribution in [0.15, 0.2) is 12.4 Å². The van der Waals surface area contributed by atoms with Gasteiger partial charge in [-0.25, -0.2) is 0 Å². The first kappa shape index (κ1) is 14.5. The van der Waals surface area contributed by atoms with E-state index in [1.165, 1.54) is 31.4 Å². The summed E-state index contributed by atoms with van der Waals surface area (Å²) in [5.74, 6) is 0.849. The standard InChI is InChI=1S/C15H28N4/c1-12(2)19-11-14(10-17-19)15(9-16)18-7-4-5-13(3)6-8-18/h10-13,15H,4-9,16H2,1-3H3. The molecule has 4 heteroatoms. The molecule has 1 aromatic rings. The lowest BCUT2D eigenvalue weighted by atomic mass is 10.0. The largest absolute Gasteiger partial charge is 0.329 e. The van der Waals surface area contributed by atoms with E-state index in [1.807, 2.05) is 10.9 Å². The summed E-state index contributed by atoms with van der Waals surface area (Å²) in [5.41, 5.74) is 7.30. The minimum Gasteiger partial charge on any atom is -0.329 e. The Morgan fingerprint density at radius 2 is 2.16 bits per heavy atom. The number of hydrogen-bond donors (Lipinski definition) is 1. The summed E-state index contributed by atoms with van der Waals surface area (Å²) in [4.78, 5) is 2.55. The molecule has 0 spiro atoms. The Bertz CT molecular complexity index is 385. The summed E-state index contributed by atoms with van der Waals surface area (Å²) >= 11 is 0. The molecule has 0 amide bonds. The first-order valence-electron chi connectivity index (χ1n) is 7.60. The Morgan fingerprint density at radius 1 is 1.37 bits per heavy atom. The van der Waals surface area contributed by atoms with E-state index in [0.29, 0.717) is 18.6 Å². The molecular weight excluding hydrogens is 236 g/mol. The van der Waals surface area contributed by atoms with Gasteiger partial charge in [-0.3, -0.25) is 9.58 Å². The van der Waals surface area contributed by atoms with E-state index in [0.717, 1.165) is 12.5 Å². The fourth-order valence-corrected chi connectivity index (χ4v) is 2.90. The number of nitrogens with zero attached hydrogens (tertiary/aromatic N) is 3. The molecular formula is C15H28N4. The highest BCUT2D eigenvalue weighted by Gasteiger charge is 2.23. The van der Waals surface area contributed by atoms with Crippen molar-refractivity contribution in [2.45, 2.75) is 52.1 Å². The van der Waals surface area contributed by atoms with Gasteiger partial charge in [0, 0.05) is 24.3 Å². The van der Waals surface area contributed by atoms with Crippen molar-refractivity contribution >= 4 is 0 Å². The summed E-state index contributed by atoms with van der Waals surface area (Å²) in [5, 5.41) is 4.45. The second-order valence-corrected chi connectivity index (χ2v) is 6.17. The van der Waals surface area contributed by atoms with Crippen molar-refractivity contribution in [2.75, 3.05) is 19.6 Å². The predicted molar refractivity (Wildman–Crippen MR) is 79.0 cm³/mol. The lowest BCUT2D eigenvalue weighted by Crippen LogP contribution is -2.34. The zero-order valence-corrected chi connectivity index (χ0v) is 12.5. The molecule has 1 saturated heterocycles. The average molecular weight is 264 g/mol. The van der Waals surface area contributed by atoms with E-state index >= 15 is 0 Å². The molecule has 1 aliphatic rings. The van der Waals surface area contributed by atoms with E-state index in [4.69, 9.17) is 5.73 Å². The van der Waals surface area contributed by atoms with Crippen molar-refractivity contribution in [3.63, 3.8) is 0 Å². The Labute approximate surface area is 117 Å². The molecule has 2 atom stereocenters. The van der Waals surface area contributed by atoms with Gasteiger partial charge in [0.1, 0.15) is 0 Å². The van der Waals surface area contributed by atoms with Gasteiger partial charge in [-0.1, -0.05) is 6.92 Å². The Morgan fingerprint density at radius 3 is 2.79 bits per heavy atom. The van der Waals surface area contributed by atoms with Crippen LogP contribution >= 0.6 is 0 Å². The first-order chi connectivity index (χ1) is 9.11. The molecule has 0 radical (unpaired) electrons. The SMILES string of the molecule is CC1CCCN(C(CN)c2cnn(C(C)C)c2)CC1. The molecule has 19 heavy (non-hydrogen) atoms. The highest BCUT2D eigenvalue weighted by Crippen LogP contribution is 2.25. The number of hydrogen-bond acceptors (Lipinski definition) is 3. The number of aromatic nitrogens is 2. The van der Waals surface area contributed by atoms with E-state index < -0.39 is 0 Å². The zero-order valence-electron chi connectivity index (χ0n) is 12.5. The van der Waals surface area contributed by atoms with Crippen LogP contribution in [0.3, 0.4) is 0 Å². The van der Waals surface area contributed by atoms with Gasteiger partial charge in [-0.05, 0) is 52.1 Å². The first-order valence-corrected chi connectivity index (χ1v) is 7.60. The van der Waals surface area contributed by atoms with Crippen molar-refractivity contribution < 1.29 is 0 Å². The van der Waals surface area contributed by atoms with Crippen LogP contribution in [-0.4, -0.2) is 34.3 Å². The molecule has 1 aromatic heterocycles. The predicted octanol–water partition coefficient (Wildman–Crippen LogP) is 2.59. The van der Waals surface area contributed by atoms with Gasteiger partial charge in [-0.15, -0.1) is 0 Å². The second-order valence-electron chi connectivity index (χ2n) is 6.17. The fraction of sp³-hybridized carbons (Fsp3) is 0.800. The molecule has 2 N–H and O–H groups in total. The summed E-state index contributed by atoms with van der Waals surface area (Å²) in [7, 11) is 0. The summed E-state index contributed by atoms with van der Waals surface area (Å²) in [6.07, 6.45) is 8.08. The molecule has 108 valence electrons. The topological polar surface area (TPSA) is 47.1 Å². The van der Waals surface area contributed by atoms with Gasteiger partial charge >= 0.3 is 0 Å². The number of likely N-dealkylation sites (tertiary alicyclic amines) is 1. The third-order valence-electron chi connectivity index (χ3n) is 4.25. The van der Waals surface area contributed by atoms with Crippen LogP contribution < -0.4 is 5.73 Å². The van der Waals surface area contributed by atoms with Gasteiger partial charge in [-0.2, -0.15) is 5.10 Å². The minimum atomic E-state index is 0.331. The molecule has 4 nitrogen and oxygen atoms in total. The molecule has 1 fully saturated rings. The van der Waals surface area contributed by atoms with Gasteiger partial charge in [0.2, 0.25) is 0 Å². The van der Waals surface area contributed by atoms with E-state index in [-0.39, 0.29) is 0 Å². The number of nitrogens with two attached hydrogens (primary N) is 1. The second kappa shape index (κ2) is 6.53. The van der Waals surface area contributed by atoms with Crippen molar-refractivity contribution in [3.8, 4) is 0 Å².